The maximum absolute atomic E-state index is 11.1. The lowest BCUT2D eigenvalue weighted by molar-refractivity contribution is -0.132. The number of aliphatic imine (C=N–C) groups is 1. The molecule has 0 bridgehead atoms. The summed E-state index contributed by atoms with van der Waals surface area (Å²) in [6.45, 7) is 2.31. The van der Waals surface area contributed by atoms with E-state index in [4.69, 9.17) is 15.6 Å². The topological polar surface area (TPSA) is 114 Å². The van der Waals surface area contributed by atoms with Gasteiger partial charge in [0.25, 0.3) is 0 Å². The van der Waals surface area contributed by atoms with E-state index in [1.54, 1.807) is 12.4 Å². The molecule has 2 rings (SSSR count). The van der Waals surface area contributed by atoms with Crippen LogP contribution < -0.4 is 10.6 Å². The highest BCUT2D eigenvalue weighted by atomic mass is 16.5. The number of rotatable bonds is 7. The van der Waals surface area contributed by atoms with Crippen LogP contribution in [0.5, 0.6) is 0 Å². The summed E-state index contributed by atoms with van der Waals surface area (Å²) in [5, 5.41) is 9.11. The maximum atomic E-state index is 11.1. The molecule has 1 aromatic heterocycles. The van der Waals surface area contributed by atoms with Gasteiger partial charge in [0.05, 0.1) is 24.4 Å². The molecule has 8 heteroatoms. The summed E-state index contributed by atoms with van der Waals surface area (Å²) < 4.78 is 4.83. The van der Waals surface area contributed by atoms with E-state index in [0.29, 0.717) is 0 Å². The molecule has 0 amide bonds. The lowest BCUT2D eigenvalue weighted by atomic mass is 10.2. The first-order chi connectivity index (χ1) is 11.1. The number of nitrogens with zero attached hydrogens (tertiary/aromatic N) is 4. The van der Waals surface area contributed by atoms with Gasteiger partial charge in [0.1, 0.15) is 0 Å². The number of methoxy groups -OCH3 is 1. The van der Waals surface area contributed by atoms with Crippen LogP contribution in [0.25, 0.3) is 0 Å². The third-order valence-corrected chi connectivity index (χ3v) is 3.45. The largest absolute Gasteiger partial charge is 0.478 e. The third kappa shape index (κ3) is 4.75. The van der Waals surface area contributed by atoms with Crippen molar-refractivity contribution in [2.45, 2.75) is 19.4 Å². The van der Waals surface area contributed by atoms with Gasteiger partial charge >= 0.3 is 5.97 Å². The Hall–Kier alpha value is -2.48. The number of nitrogens with two attached hydrogens (primary N) is 1. The van der Waals surface area contributed by atoms with Crippen LogP contribution in [0.4, 0.5) is 5.95 Å². The molecule has 23 heavy (non-hydrogen) atoms. The van der Waals surface area contributed by atoms with Gasteiger partial charge < -0.3 is 20.5 Å². The first kappa shape index (κ1) is 16.9. The van der Waals surface area contributed by atoms with E-state index >= 15 is 0 Å². The fourth-order valence-corrected chi connectivity index (χ4v) is 2.26. The Bertz CT molecular complexity index is 592. The van der Waals surface area contributed by atoms with Gasteiger partial charge in [-0.15, -0.1) is 0 Å². The molecule has 1 aliphatic heterocycles. The van der Waals surface area contributed by atoms with Gasteiger partial charge in [0.15, 0.2) is 0 Å². The van der Waals surface area contributed by atoms with E-state index in [9.17, 15) is 4.79 Å². The van der Waals surface area contributed by atoms with Crippen molar-refractivity contribution in [2.75, 3.05) is 31.7 Å². The molecule has 0 saturated carbocycles. The predicted molar refractivity (Wildman–Crippen MR) is 86.4 cm³/mol. The highest BCUT2D eigenvalue weighted by Crippen LogP contribution is 2.14. The van der Waals surface area contributed by atoms with Crippen molar-refractivity contribution in [3.8, 4) is 0 Å². The summed E-state index contributed by atoms with van der Waals surface area (Å²) in [7, 11) is 1.45. The van der Waals surface area contributed by atoms with Crippen molar-refractivity contribution < 1.29 is 14.6 Å². The molecule has 0 spiro atoms. The van der Waals surface area contributed by atoms with Gasteiger partial charge in [0.2, 0.25) is 5.95 Å². The lowest BCUT2D eigenvalue weighted by Gasteiger charge is -2.14. The number of carboxylic acids is 1. The number of hydrogen-bond acceptors (Lipinski definition) is 7. The van der Waals surface area contributed by atoms with Crippen LogP contribution >= 0.6 is 0 Å². The molecular formula is C15H21N5O3. The fraction of sp³-hybridized carbons (Fsp3) is 0.467. The van der Waals surface area contributed by atoms with Crippen LogP contribution in [-0.2, 0) is 16.1 Å². The van der Waals surface area contributed by atoms with E-state index in [1.165, 1.54) is 26.2 Å². The van der Waals surface area contributed by atoms with Gasteiger partial charge in [0, 0.05) is 44.4 Å². The number of aliphatic carboxylic acids is 1. The molecule has 1 fully saturated rings. The van der Waals surface area contributed by atoms with Crippen molar-refractivity contribution in [3.63, 3.8) is 0 Å². The molecule has 0 atom stereocenters. The van der Waals surface area contributed by atoms with E-state index in [0.717, 1.165) is 24.6 Å². The molecule has 1 aliphatic rings. The van der Waals surface area contributed by atoms with E-state index in [-0.39, 0.29) is 24.4 Å². The highest BCUT2D eigenvalue weighted by Gasteiger charge is 2.14. The Morgan fingerprint density at radius 1 is 1.43 bits per heavy atom. The zero-order valence-electron chi connectivity index (χ0n) is 13.1. The molecule has 0 radical (unpaired) electrons. The molecular weight excluding hydrogens is 298 g/mol. The molecule has 1 saturated heterocycles. The summed E-state index contributed by atoms with van der Waals surface area (Å²) >= 11 is 0. The minimum absolute atomic E-state index is 0.0430. The van der Waals surface area contributed by atoms with Crippen LogP contribution in [0, 0.1) is 0 Å². The van der Waals surface area contributed by atoms with E-state index < -0.39 is 5.97 Å². The van der Waals surface area contributed by atoms with Crippen molar-refractivity contribution in [1.82, 2.24) is 9.97 Å². The monoisotopic (exact) mass is 319 g/mol. The molecule has 1 aromatic rings. The van der Waals surface area contributed by atoms with Crippen molar-refractivity contribution in [1.29, 1.82) is 0 Å². The van der Waals surface area contributed by atoms with Crippen molar-refractivity contribution in [2.24, 2.45) is 10.7 Å². The van der Waals surface area contributed by atoms with Crippen molar-refractivity contribution in [3.05, 3.63) is 29.2 Å². The Morgan fingerprint density at radius 2 is 2.09 bits per heavy atom. The number of anilines is 1. The number of hydrogen-bond donors (Lipinski definition) is 2. The smallest absolute Gasteiger partial charge is 0.339 e. The summed E-state index contributed by atoms with van der Waals surface area (Å²) in [5.41, 5.74) is 6.52. The number of aromatic nitrogens is 2. The molecule has 0 unspecified atom stereocenters. The second-order valence-electron chi connectivity index (χ2n) is 5.23. The summed E-state index contributed by atoms with van der Waals surface area (Å²) in [6.07, 6.45) is 7.00. The Labute approximate surface area is 134 Å². The number of carboxylic acid groups (broad SMARTS) is 1. The van der Waals surface area contributed by atoms with E-state index in [2.05, 4.69) is 19.9 Å². The Morgan fingerprint density at radius 3 is 2.65 bits per heavy atom. The molecule has 3 N–H and O–H groups in total. The van der Waals surface area contributed by atoms with Gasteiger partial charge in [-0.25, -0.2) is 14.8 Å². The third-order valence-electron chi connectivity index (χ3n) is 3.45. The summed E-state index contributed by atoms with van der Waals surface area (Å²) in [5.74, 6) is -0.408. The van der Waals surface area contributed by atoms with Gasteiger partial charge in [-0.1, -0.05) is 0 Å². The van der Waals surface area contributed by atoms with Gasteiger partial charge in [-0.05, 0) is 12.8 Å². The second-order valence-corrected chi connectivity index (χ2v) is 5.23. The zero-order chi connectivity index (χ0) is 16.7. The molecule has 124 valence electrons. The molecule has 8 nitrogen and oxygen atoms in total. The normalized spacial score (nSPS) is 16.0. The van der Waals surface area contributed by atoms with Gasteiger partial charge in [-0.2, -0.15) is 0 Å². The predicted octanol–water partition coefficient (Wildman–Crippen LogP) is 0.591. The molecule has 0 aromatic carbocycles. The van der Waals surface area contributed by atoms with Gasteiger partial charge in [-0.3, -0.25) is 4.99 Å². The zero-order valence-corrected chi connectivity index (χ0v) is 13.1. The average molecular weight is 319 g/mol. The quantitative estimate of drug-likeness (QED) is 0.558. The second kappa shape index (κ2) is 8.23. The SMILES string of the molecule is COCC(N)=C(C=NCc1cnc(N2CCCC2)nc1)C(=O)O. The van der Waals surface area contributed by atoms with Crippen LogP contribution in [0.15, 0.2) is 28.7 Å². The minimum Gasteiger partial charge on any atom is -0.478 e. The van der Waals surface area contributed by atoms with Crippen LogP contribution in [-0.4, -0.2) is 54.1 Å². The maximum Gasteiger partial charge on any atom is 0.339 e. The first-order valence-electron chi connectivity index (χ1n) is 7.38. The Kier molecular flexibility index (Phi) is 6.04. The average Bonchev–Trinajstić information content (AvgIpc) is 3.06. The lowest BCUT2D eigenvalue weighted by Crippen LogP contribution is -2.20. The fourth-order valence-electron chi connectivity index (χ4n) is 2.26. The van der Waals surface area contributed by atoms with Crippen LogP contribution in [0.3, 0.4) is 0 Å². The number of carbonyl (C=O) groups is 1. The first-order valence-corrected chi connectivity index (χ1v) is 7.38. The summed E-state index contributed by atoms with van der Waals surface area (Å²) in [6, 6.07) is 0. The highest BCUT2D eigenvalue weighted by molar-refractivity contribution is 6.09. The Balaban J connectivity index is 1.98. The summed E-state index contributed by atoms with van der Waals surface area (Å²) in [4.78, 5) is 26.0. The van der Waals surface area contributed by atoms with Crippen LogP contribution in [0.1, 0.15) is 18.4 Å². The van der Waals surface area contributed by atoms with Crippen LogP contribution in [0.2, 0.25) is 0 Å². The van der Waals surface area contributed by atoms with E-state index in [1.807, 2.05) is 0 Å². The number of ether oxygens (including phenoxy) is 1. The molecule has 0 aliphatic carbocycles. The standard InChI is InChI=1S/C15H21N5O3/c1-23-10-13(16)12(14(21)22)9-17-6-11-7-18-15(19-8-11)20-4-2-3-5-20/h7-9H,2-6,10,16H2,1H3,(H,21,22). The van der Waals surface area contributed by atoms with Crippen molar-refractivity contribution >= 4 is 18.1 Å². The minimum atomic E-state index is -1.14. The molecule has 2 heterocycles.